The van der Waals surface area contributed by atoms with E-state index in [1.165, 1.54) is 16.7 Å². The van der Waals surface area contributed by atoms with Gasteiger partial charge in [-0.15, -0.1) is 0 Å². The van der Waals surface area contributed by atoms with Gasteiger partial charge in [-0.3, -0.25) is 9.89 Å². The lowest BCUT2D eigenvalue weighted by Gasteiger charge is -2.19. The van der Waals surface area contributed by atoms with Crippen molar-refractivity contribution in [2.45, 2.75) is 32.2 Å². The molecular weight excluding hydrogens is 392 g/mol. The zero-order chi connectivity index (χ0) is 22.1. The summed E-state index contributed by atoms with van der Waals surface area (Å²) in [7, 11) is 6.89. The topological polar surface area (TPSA) is 67.4 Å². The van der Waals surface area contributed by atoms with Crippen molar-refractivity contribution in [1.82, 2.24) is 15.5 Å². The Balaban J connectivity index is 1.48. The van der Waals surface area contributed by atoms with Gasteiger partial charge >= 0.3 is 0 Å². The van der Waals surface area contributed by atoms with Gasteiger partial charge in [-0.25, -0.2) is 0 Å². The molecule has 2 aromatic rings. The first-order valence-corrected chi connectivity index (χ1v) is 10.6. The van der Waals surface area contributed by atoms with Gasteiger partial charge in [-0.1, -0.05) is 24.3 Å². The molecule has 1 aliphatic rings. The molecule has 1 unspecified atom stereocenters. The van der Waals surface area contributed by atoms with Crippen LogP contribution in [0.1, 0.15) is 23.1 Å². The lowest BCUT2D eigenvalue weighted by Crippen LogP contribution is -2.44. The minimum absolute atomic E-state index is 0.364. The number of nitrogens with one attached hydrogen (secondary N) is 2. The Kier molecular flexibility index (Phi) is 8.55. The van der Waals surface area contributed by atoms with E-state index in [4.69, 9.17) is 14.2 Å². The van der Waals surface area contributed by atoms with Gasteiger partial charge in [0.15, 0.2) is 5.96 Å². The van der Waals surface area contributed by atoms with Crippen LogP contribution in [0, 0.1) is 0 Å². The smallest absolute Gasteiger partial charge is 0.191 e. The van der Waals surface area contributed by atoms with Crippen LogP contribution in [-0.4, -0.2) is 58.4 Å². The maximum Gasteiger partial charge on any atom is 0.191 e. The minimum Gasteiger partial charge on any atom is -0.497 e. The normalized spacial score (nSPS) is 16.9. The number of hydrogen-bond acceptors (Lipinski definition) is 5. The Morgan fingerprint density at radius 3 is 2.29 bits per heavy atom. The number of nitrogens with zero attached hydrogens (tertiary/aromatic N) is 2. The third-order valence-electron chi connectivity index (χ3n) is 5.45. The largest absolute Gasteiger partial charge is 0.497 e. The van der Waals surface area contributed by atoms with Gasteiger partial charge < -0.3 is 24.8 Å². The third kappa shape index (κ3) is 6.87. The van der Waals surface area contributed by atoms with Crippen molar-refractivity contribution in [2.75, 3.05) is 41.5 Å². The number of ether oxygens (including phenoxy) is 3. The van der Waals surface area contributed by atoms with Gasteiger partial charge in [0.2, 0.25) is 0 Å². The molecule has 0 spiro atoms. The summed E-state index contributed by atoms with van der Waals surface area (Å²) in [5, 5.41) is 6.97. The summed E-state index contributed by atoms with van der Waals surface area (Å²) in [5.74, 6) is 2.47. The first kappa shape index (κ1) is 22.9. The minimum atomic E-state index is 0.364. The molecule has 31 heavy (non-hydrogen) atoms. The van der Waals surface area contributed by atoms with Crippen molar-refractivity contribution in [3.63, 3.8) is 0 Å². The maximum absolute atomic E-state index is 5.39. The highest BCUT2D eigenvalue weighted by molar-refractivity contribution is 5.80. The zero-order valence-electron chi connectivity index (χ0n) is 19.0. The van der Waals surface area contributed by atoms with Crippen molar-refractivity contribution in [1.29, 1.82) is 0 Å². The van der Waals surface area contributed by atoms with Crippen molar-refractivity contribution in [2.24, 2.45) is 4.99 Å². The van der Waals surface area contributed by atoms with Crippen LogP contribution in [0.3, 0.4) is 0 Å². The summed E-state index contributed by atoms with van der Waals surface area (Å²) in [6, 6.07) is 14.8. The summed E-state index contributed by atoms with van der Waals surface area (Å²) in [6.07, 6.45) is 1.08. The van der Waals surface area contributed by atoms with Gasteiger partial charge in [0.05, 0.1) is 20.8 Å². The SMILES string of the molecule is CN=C(NCc1ccc(COC)cc1)NC1CCN(Cc2cc(OC)cc(OC)c2)C1. The van der Waals surface area contributed by atoms with Gasteiger partial charge in [0.25, 0.3) is 0 Å². The van der Waals surface area contributed by atoms with E-state index in [9.17, 15) is 0 Å². The number of likely N-dealkylation sites (tertiary alicyclic amines) is 1. The molecule has 1 saturated heterocycles. The number of aliphatic imine (C=N–C) groups is 1. The molecule has 168 valence electrons. The molecule has 3 rings (SSSR count). The highest BCUT2D eigenvalue weighted by atomic mass is 16.5. The molecule has 2 aromatic carbocycles. The molecule has 7 heteroatoms. The standard InChI is InChI=1S/C24H34N4O3/c1-25-24(26-14-18-5-7-19(8-6-18)17-29-2)27-21-9-10-28(16-21)15-20-11-22(30-3)13-23(12-20)31-4/h5-8,11-13,21H,9-10,14-17H2,1-4H3,(H2,25,26,27). The summed E-state index contributed by atoms with van der Waals surface area (Å²) in [4.78, 5) is 6.83. The zero-order valence-corrected chi connectivity index (χ0v) is 19.0. The van der Waals surface area contributed by atoms with Crippen molar-refractivity contribution in [3.05, 3.63) is 59.2 Å². The molecule has 0 aromatic heterocycles. The van der Waals surface area contributed by atoms with Gasteiger partial charge in [-0.05, 0) is 35.2 Å². The fraction of sp³-hybridized carbons (Fsp3) is 0.458. The number of methoxy groups -OCH3 is 3. The third-order valence-corrected chi connectivity index (χ3v) is 5.45. The molecule has 1 atom stereocenters. The predicted molar refractivity (Wildman–Crippen MR) is 124 cm³/mol. The molecule has 2 N–H and O–H groups in total. The van der Waals surface area contributed by atoms with E-state index in [2.05, 4.69) is 56.9 Å². The number of guanidine groups is 1. The maximum atomic E-state index is 5.39. The average Bonchev–Trinajstić information content (AvgIpc) is 3.24. The lowest BCUT2D eigenvalue weighted by atomic mass is 10.1. The first-order valence-electron chi connectivity index (χ1n) is 10.6. The molecule has 0 radical (unpaired) electrons. The lowest BCUT2D eigenvalue weighted by molar-refractivity contribution is 0.185. The van der Waals surface area contributed by atoms with Crippen molar-refractivity contribution < 1.29 is 14.2 Å². The van der Waals surface area contributed by atoms with E-state index in [0.717, 1.165) is 50.1 Å². The molecule has 0 aliphatic carbocycles. The van der Waals surface area contributed by atoms with Crippen LogP contribution < -0.4 is 20.1 Å². The van der Waals surface area contributed by atoms with Crippen LogP contribution in [0.15, 0.2) is 47.5 Å². The Labute approximate surface area is 185 Å². The number of rotatable bonds is 9. The summed E-state index contributed by atoms with van der Waals surface area (Å²) >= 11 is 0. The van der Waals surface area contributed by atoms with E-state index in [0.29, 0.717) is 12.6 Å². The number of benzene rings is 2. The van der Waals surface area contributed by atoms with E-state index in [1.807, 2.05) is 13.1 Å². The quantitative estimate of drug-likeness (QED) is 0.475. The fourth-order valence-electron chi connectivity index (χ4n) is 3.80. The Morgan fingerprint density at radius 2 is 1.68 bits per heavy atom. The average molecular weight is 427 g/mol. The van der Waals surface area contributed by atoms with Crippen LogP contribution in [0.2, 0.25) is 0 Å². The summed E-state index contributed by atoms with van der Waals surface area (Å²) in [6.45, 7) is 4.23. The van der Waals surface area contributed by atoms with Crippen molar-refractivity contribution >= 4 is 5.96 Å². The van der Waals surface area contributed by atoms with Gasteiger partial charge in [0, 0.05) is 52.4 Å². The summed E-state index contributed by atoms with van der Waals surface area (Å²) < 4.78 is 15.9. The van der Waals surface area contributed by atoms with Crippen LogP contribution in [0.4, 0.5) is 0 Å². The highest BCUT2D eigenvalue weighted by Crippen LogP contribution is 2.24. The van der Waals surface area contributed by atoms with E-state index in [1.54, 1.807) is 21.3 Å². The molecule has 1 aliphatic heterocycles. The van der Waals surface area contributed by atoms with Crippen LogP contribution in [0.25, 0.3) is 0 Å². The van der Waals surface area contributed by atoms with Crippen LogP contribution >= 0.6 is 0 Å². The van der Waals surface area contributed by atoms with E-state index >= 15 is 0 Å². The Bertz CT molecular complexity index is 832. The molecule has 0 saturated carbocycles. The number of hydrogen-bond donors (Lipinski definition) is 2. The summed E-state index contributed by atoms with van der Waals surface area (Å²) in [5.41, 5.74) is 3.58. The molecule has 7 nitrogen and oxygen atoms in total. The predicted octanol–water partition coefficient (Wildman–Crippen LogP) is 2.79. The fourth-order valence-corrected chi connectivity index (χ4v) is 3.80. The molecule has 1 heterocycles. The Hall–Kier alpha value is -2.77. The first-order chi connectivity index (χ1) is 15.1. The molecule has 0 amide bonds. The van der Waals surface area contributed by atoms with E-state index < -0.39 is 0 Å². The highest BCUT2D eigenvalue weighted by Gasteiger charge is 2.23. The second-order valence-corrected chi connectivity index (χ2v) is 7.76. The van der Waals surface area contributed by atoms with Crippen molar-refractivity contribution in [3.8, 4) is 11.5 Å². The van der Waals surface area contributed by atoms with Gasteiger partial charge in [0.1, 0.15) is 11.5 Å². The Morgan fingerprint density at radius 1 is 1.00 bits per heavy atom. The molecule has 1 fully saturated rings. The van der Waals surface area contributed by atoms with E-state index in [-0.39, 0.29) is 0 Å². The second kappa shape index (κ2) is 11.6. The molecular formula is C24H34N4O3. The second-order valence-electron chi connectivity index (χ2n) is 7.76. The molecule has 0 bridgehead atoms. The monoisotopic (exact) mass is 426 g/mol. The van der Waals surface area contributed by atoms with Gasteiger partial charge in [-0.2, -0.15) is 0 Å². The van der Waals surface area contributed by atoms with Crippen LogP contribution in [-0.2, 0) is 24.4 Å². The van der Waals surface area contributed by atoms with Crippen LogP contribution in [0.5, 0.6) is 11.5 Å².